The fourth-order valence-corrected chi connectivity index (χ4v) is 3.44. The van der Waals surface area contributed by atoms with Crippen LogP contribution in [0.4, 0.5) is 11.4 Å². The van der Waals surface area contributed by atoms with Gasteiger partial charge >= 0.3 is 0 Å². The number of carbonyl (C=O) groups is 1. The van der Waals surface area contributed by atoms with Crippen molar-refractivity contribution in [3.8, 4) is 11.5 Å². The van der Waals surface area contributed by atoms with Crippen molar-refractivity contribution in [3.63, 3.8) is 0 Å². The second-order valence-corrected chi connectivity index (χ2v) is 7.03. The van der Waals surface area contributed by atoms with E-state index in [9.17, 15) is 4.79 Å². The normalized spacial score (nSPS) is 14.6. The van der Waals surface area contributed by atoms with Crippen LogP contribution >= 0.6 is 0 Å². The summed E-state index contributed by atoms with van der Waals surface area (Å²) < 4.78 is 10.7. The third-order valence-electron chi connectivity index (χ3n) is 5.13. The van der Waals surface area contributed by atoms with Crippen LogP contribution in [0.5, 0.6) is 11.5 Å². The number of hydrogen-bond acceptors (Lipinski definition) is 5. The molecule has 1 fully saturated rings. The van der Waals surface area contributed by atoms with Crippen LogP contribution in [0.3, 0.4) is 0 Å². The number of carbonyl (C=O) groups excluding carboxylic acids is 1. The maximum Gasteiger partial charge on any atom is 0.224 e. The van der Waals surface area contributed by atoms with Crippen LogP contribution < -0.4 is 19.7 Å². The van der Waals surface area contributed by atoms with Gasteiger partial charge in [-0.3, -0.25) is 4.79 Å². The van der Waals surface area contributed by atoms with E-state index in [1.54, 1.807) is 14.2 Å². The molecule has 28 heavy (non-hydrogen) atoms. The highest BCUT2D eigenvalue weighted by Gasteiger charge is 2.18. The Morgan fingerprint density at radius 1 is 1.04 bits per heavy atom. The lowest BCUT2D eigenvalue weighted by atomic mass is 10.1. The van der Waals surface area contributed by atoms with Crippen LogP contribution in [0.25, 0.3) is 0 Å². The van der Waals surface area contributed by atoms with Crippen molar-refractivity contribution in [2.24, 2.45) is 0 Å². The Morgan fingerprint density at radius 2 is 1.79 bits per heavy atom. The van der Waals surface area contributed by atoms with E-state index in [4.69, 9.17) is 9.47 Å². The molecule has 6 heteroatoms. The fourth-order valence-electron chi connectivity index (χ4n) is 3.44. The molecule has 0 radical (unpaired) electrons. The van der Waals surface area contributed by atoms with Crippen LogP contribution in [0.15, 0.2) is 42.5 Å². The Bertz CT molecular complexity index is 801. The van der Waals surface area contributed by atoms with E-state index in [0.717, 1.165) is 54.6 Å². The molecule has 0 aromatic heterocycles. The molecule has 150 valence electrons. The highest BCUT2D eigenvalue weighted by atomic mass is 16.5. The SMILES string of the molecule is COc1ccc(OC)c(CCC(=O)Nc2ccccc2N2CCN(C)CC2)c1. The summed E-state index contributed by atoms with van der Waals surface area (Å²) in [5.74, 6) is 1.52. The van der Waals surface area contributed by atoms with Crippen LogP contribution in [0.2, 0.25) is 0 Å². The molecule has 1 amide bonds. The van der Waals surface area contributed by atoms with Crippen LogP contribution in [-0.2, 0) is 11.2 Å². The first-order valence-electron chi connectivity index (χ1n) is 9.64. The van der Waals surface area contributed by atoms with Crippen molar-refractivity contribution < 1.29 is 14.3 Å². The van der Waals surface area contributed by atoms with Gasteiger partial charge in [0.15, 0.2) is 0 Å². The highest BCUT2D eigenvalue weighted by Crippen LogP contribution is 2.28. The minimum Gasteiger partial charge on any atom is -0.497 e. The number of hydrogen-bond donors (Lipinski definition) is 1. The number of para-hydroxylation sites is 2. The number of anilines is 2. The molecule has 2 aromatic carbocycles. The van der Waals surface area contributed by atoms with E-state index in [1.807, 2.05) is 36.4 Å². The van der Waals surface area contributed by atoms with E-state index >= 15 is 0 Å². The lowest BCUT2D eigenvalue weighted by molar-refractivity contribution is -0.116. The minimum absolute atomic E-state index is 0.00792. The highest BCUT2D eigenvalue weighted by molar-refractivity contribution is 5.94. The van der Waals surface area contributed by atoms with E-state index in [1.165, 1.54) is 0 Å². The van der Waals surface area contributed by atoms with E-state index in [-0.39, 0.29) is 5.91 Å². The molecule has 6 nitrogen and oxygen atoms in total. The smallest absolute Gasteiger partial charge is 0.224 e. The average molecular weight is 383 g/mol. The Morgan fingerprint density at radius 3 is 2.50 bits per heavy atom. The molecule has 0 bridgehead atoms. The molecular weight excluding hydrogens is 354 g/mol. The molecule has 0 unspecified atom stereocenters. The van der Waals surface area contributed by atoms with Gasteiger partial charge in [0.25, 0.3) is 0 Å². The van der Waals surface area contributed by atoms with Gasteiger partial charge < -0.3 is 24.6 Å². The first-order valence-corrected chi connectivity index (χ1v) is 9.64. The number of nitrogens with one attached hydrogen (secondary N) is 1. The van der Waals surface area contributed by atoms with Gasteiger partial charge in [-0.1, -0.05) is 12.1 Å². The van der Waals surface area contributed by atoms with Gasteiger partial charge in [0.05, 0.1) is 25.6 Å². The minimum atomic E-state index is -0.00792. The molecule has 0 aliphatic carbocycles. The van der Waals surface area contributed by atoms with Crippen molar-refractivity contribution in [2.75, 3.05) is 57.7 Å². The van der Waals surface area contributed by atoms with Crippen LogP contribution in [0, 0.1) is 0 Å². The van der Waals surface area contributed by atoms with E-state index < -0.39 is 0 Å². The maximum atomic E-state index is 12.6. The molecule has 0 spiro atoms. The summed E-state index contributed by atoms with van der Waals surface area (Å²) in [6.07, 6.45) is 0.962. The van der Waals surface area contributed by atoms with Crippen LogP contribution in [-0.4, -0.2) is 58.3 Å². The number of rotatable bonds is 7. The summed E-state index contributed by atoms with van der Waals surface area (Å²) in [7, 11) is 5.41. The summed E-state index contributed by atoms with van der Waals surface area (Å²) in [4.78, 5) is 17.3. The third-order valence-corrected chi connectivity index (χ3v) is 5.13. The zero-order valence-corrected chi connectivity index (χ0v) is 16.9. The molecule has 0 atom stereocenters. The molecule has 1 saturated heterocycles. The monoisotopic (exact) mass is 383 g/mol. The topological polar surface area (TPSA) is 54.0 Å². The standard InChI is InChI=1S/C22H29N3O3/c1-24-12-14-25(15-13-24)20-7-5-4-6-19(20)23-22(26)11-8-17-16-18(27-2)9-10-21(17)28-3/h4-7,9-10,16H,8,11-15H2,1-3H3,(H,23,26). The number of aryl methyl sites for hydroxylation is 1. The van der Waals surface area contributed by atoms with Gasteiger partial charge in [0, 0.05) is 32.6 Å². The molecule has 1 heterocycles. The molecular formula is C22H29N3O3. The van der Waals surface area contributed by atoms with Gasteiger partial charge in [-0.25, -0.2) is 0 Å². The zero-order valence-electron chi connectivity index (χ0n) is 16.9. The lowest BCUT2D eigenvalue weighted by Gasteiger charge is -2.35. The van der Waals surface area contributed by atoms with Gasteiger partial charge in [-0.15, -0.1) is 0 Å². The summed E-state index contributed by atoms with van der Waals surface area (Å²) >= 11 is 0. The number of likely N-dealkylation sites (N-methyl/N-ethyl adjacent to an activating group) is 1. The van der Waals surface area contributed by atoms with Crippen molar-refractivity contribution in [3.05, 3.63) is 48.0 Å². The average Bonchev–Trinajstić information content (AvgIpc) is 2.73. The first kappa shape index (κ1) is 20.0. The molecule has 1 aliphatic rings. The number of nitrogens with zero attached hydrogens (tertiary/aromatic N) is 2. The number of methoxy groups -OCH3 is 2. The quantitative estimate of drug-likeness (QED) is 0.797. The largest absolute Gasteiger partial charge is 0.497 e. The lowest BCUT2D eigenvalue weighted by Crippen LogP contribution is -2.44. The van der Waals surface area contributed by atoms with Crippen molar-refractivity contribution >= 4 is 17.3 Å². The van der Waals surface area contributed by atoms with Crippen molar-refractivity contribution in [1.29, 1.82) is 0 Å². The maximum absolute atomic E-state index is 12.6. The molecule has 2 aromatic rings. The predicted octanol–water partition coefficient (Wildman–Crippen LogP) is 3.03. The summed E-state index contributed by atoms with van der Waals surface area (Å²) in [6, 6.07) is 13.7. The molecule has 1 aliphatic heterocycles. The Kier molecular flexibility index (Phi) is 6.76. The van der Waals surface area contributed by atoms with Crippen LogP contribution in [0.1, 0.15) is 12.0 Å². The van der Waals surface area contributed by atoms with Gasteiger partial charge in [0.1, 0.15) is 11.5 Å². The summed E-state index contributed by atoms with van der Waals surface area (Å²) in [6.45, 7) is 3.98. The fraction of sp³-hybridized carbons (Fsp3) is 0.409. The van der Waals surface area contributed by atoms with Gasteiger partial charge in [-0.05, 0) is 49.4 Å². The second-order valence-electron chi connectivity index (χ2n) is 7.03. The number of benzene rings is 2. The van der Waals surface area contributed by atoms with Crippen molar-refractivity contribution in [1.82, 2.24) is 4.90 Å². The number of piperazine rings is 1. The van der Waals surface area contributed by atoms with E-state index in [2.05, 4.69) is 28.2 Å². The second kappa shape index (κ2) is 9.46. The molecule has 3 rings (SSSR count). The number of amides is 1. The Balaban J connectivity index is 1.64. The van der Waals surface area contributed by atoms with Crippen molar-refractivity contribution in [2.45, 2.75) is 12.8 Å². The predicted molar refractivity (Wildman–Crippen MR) is 113 cm³/mol. The zero-order chi connectivity index (χ0) is 19.9. The van der Waals surface area contributed by atoms with E-state index in [0.29, 0.717) is 12.8 Å². The molecule has 0 saturated carbocycles. The van der Waals surface area contributed by atoms with Gasteiger partial charge in [0.2, 0.25) is 5.91 Å². The number of ether oxygens (including phenoxy) is 2. The summed E-state index contributed by atoms with van der Waals surface area (Å²) in [5.41, 5.74) is 2.92. The third kappa shape index (κ3) is 4.95. The first-order chi connectivity index (χ1) is 13.6. The Labute approximate surface area is 167 Å². The summed E-state index contributed by atoms with van der Waals surface area (Å²) in [5, 5.41) is 3.09. The Hall–Kier alpha value is -2.73. The van der Waals surface area contributed by atoms with Gasteiger partial charge in [-0.2, -0.15) is 0 Å². The molecule has 1 N–H and O–H groups in total.